The number of benzene rings is 2. The maximum Gasteiger partial charge on any atom is 0.261 e. The molecule has 3 N–H and O–H groups in total. The van der Waals surface area contributed by atoms with Crippen molar-refractivity contribution < 1.29 is 13.2 Å². The third-order valence-corrected chi connectivity index (χ3v) is 11.3. The molecule has 1 fully saturated rings. The Bertz CT molecular complexity index is 774. The van der Waals surface area contributed by atoms with Crippen LogP contribution in [-0.2, 0) is 15.5 Å². The molecule has 5 nitrogen and oxygen atoms in total. The fraction of sp³-hybridized carbons (Fsp3) is 0.455. The summed E-state index contributed by atoms with van der Waals surface area (Å²) in [4.78, 5) is 2.00. The van der Waals surface area contributed by atoms with E-state index in [1.54, 1.807) is 0 Å². The van der Waals surface area contributed by atoms with E-state index >= 15 is 0 Å². The van der Waals surface area contributed by atoms with Gasteiger partial charge in [-0.3, -0.25) is 4.90 Å². The minimum atomic E-state index is -2.61. The molecule has 0 aromatic heterocycles. The maximum absolute atomic E-state index is 11.4. The molecule has 158 valence electrons. The summed E-state index contributed by atoms with van der Waals surface area (Å²) in [5.74, 6) is 0.114. The van der Waals surface area contributed by atoms with E-state index in [-0.39, 0.29) is 23.0 Å². The Hall–Kier alpha value is -1.35. The van der Waals surface area contributed by atoms with Crippen molar-refractivity contribution in [3.63, 3.8) is 0 Å². The van der Waals surface area contributed by atoms with Crippen molar-refractivity contribution in [3.8, 4) is 0 Å². The second kappa shape index (κ2) is 9.20. The number of likely N-dealkylation sites (tertiary alicyclic amines) is 1. The quantitative estimate of drug-likeness (QED) is 0.518. The van der Waals surface area contributed by atoms with Crippen LogP contribution in [0.2, 0.25) is 5.04 Å². The SMILES string of the molecule is CC(C)(C)[Si](OC[C@@H]1C[C@@H](N)CN1CS(=O)O)(c1ccccc1)c1ccccc1. The topological polar surface area (TPSA) is 75.8 Å². The van der Waals surface area contributed by atoms with Crippen LogP contribution in [0.5, 0.6) is 0 Å². The van der Waals surface area contributed by atoms with Crippen LogP contribution in [0.1, 0.15) is 27.2 Å². The maximum atomic E-state index is 11.4. The summed E-state index contributed by atoms with van der Waals surface area (Å²) in [6, 6.07) is 21.1. The second-order valence-corrected chi connectivity index (χ2v) is 14.1. The molecule has 1 aliphatic rings. The molecular formula is C22H32N2O3SSi. The average Bonchev–Trinajstić information content (AvgIpc) is 3.01. The molecule has 0 amide bonds. The highest BCUT2D eigenvalue weighted by Gasteiger charge is 2.50. The summed E-state index contributed by atoms with van der Waals surface area (Å²) in [6.07, 6.45) is 0.773. The molecule has 2 aromatic rings. The van der Waals surface area contributed by atoms with Gasteiger partial charge in [0.05, 0.1) is 6.61 Å². The van der Waals surface area contributed by atoms with Gasteiger partial charge >= 0.3 is 0 Å². The van der Waals surface area contributed by atoms with Gasteiger partial charge < -0.3 is 14.7 Å². The van der Waals surface area contributed by atoms with Crippen molar-refractivity contribution in [1.29, 1.82) is 0 Å². The fourth-order valence-corrected chi connectivity index (χ4v) is 9.68. The molecule has 2 aromatic carbocycles. The summed E-state index contributed by atoms with van der Waals surface area (Å²) in [5, 5.41) is 2.37. The van der Waals surface area contributed by atoms with Gasteiger partial charge in [-0.1, -0.05) is 81.4 Å². The monoisotopic (exact) mass is 432 g/mol. The fourth-order valence-electron chi connectivity index (χ4n) is 4.48. The van der Waals surface area contributed by atoms with E-state index in [1.165, 1.54) is 10.4 Å². The highest BCUT2D eigenvalue weighted by molar-refractivity contribution is 7.79. The Morgan fingerprint density at radius 3 is 2.07 bits per heavy atom. The van der Waals surface area contributed by atoms with E-state index in [4.69, 9.17) is 10.2 Å². The van der Waals surface area contributed by atoms with Gasteiger partial charge in [-0.25, -0.2) is 4.21 Å². The first-order valence-electron chi connectivity index (χ1n) is 10.1. The molecule has 0 saturated carbocycles. The molecule has 3 rings (SSSR count). The third-order valence-electron chi connectivity index (χ3n) is 5.75. The average molecular weight is 433 g/mol. The molecule has 1 aliphatic heterocycles. The molecule has 1 heterocycles. The number of hydrogen-bond donors (Lipinski definition) is 2. The van der Waals surface area contributed by atoms with Crippen molar-refractivity contribution in [3.05, 3.63) is 60.7 Å². The van der Waals surface area contributed by atoms with E-state index < -0.39 is 19.4 Å². The predicted octanol–water partition coefficient (Wildman–Crippen LogP) is 2.14. The molecule has 0 bridgehead atoms. The van der Waals surface area contributed by atoms with Gasteiger partial charge in [-0.05, 0) is 21.8 Å². The van der Waals surface area contributed by atoms with Crippen LogP contribution in [0.15, 0.2) is 60.7 Å². The van der Waals surface area contributed by atoms with E-state index in [0.717, 1.165) is 6.42 Å². The largest absolute Gasteiger partial charge is 0.406 e. The van der Waals surface area contributed by atoms with E-state index in [1.807, 2.05) is 17.0 Å². The molecule has 29 heavy (non-hydrogen) atoms. The number of rotatable bonds is 7. The minimum absolute atomic E-state index is 0.00584. The van der Waals surface area contributed by atoms with E-state index in [9.17, 15) is 8.76 Å². The van der Waals surface area contributed by atoms with Crippen molar-refractivity contribution in [1.82, 2.24) is 4.90 Å². The molecule has 0 spiro atoms. The lowest BCUT2D eigenvalue weighted by atomic mass is 10.2. The molecule has 0 radical (unpaired) electrons. The van der Waals surface area contributed by atoms with Gasteiger partial charge in [0.1, 0.15) is 5.88 Å². The van der Waals surface area contributed by atoms with Gasteiger partial charge in [0.25, 0.3) is 8.32 Å². The summed E-state index contributed by atoms with van der Waals surface area (Å²) in [6.45, 7) is 7.87. The van der Waals surface area contributed by atoms with Gasteiger partial charge in [-0.15, -0.1) is 0 Å². The molecule has 1 saturated heterocycles. The van der Waals surface area contributed by atoms with Crippen LogP contribution in [0.3, 0.4) is 0 Å². The summed E-state index contributed by atoms with van der Waals surface area (Å²) in [7, 11) is -2.61. The predicted molar refractivity (Wildman–Crippen MR) is 122 cm³/mol. The van der Waals surface area contributed by atoms with Crippen LogP contribution in [0, 0.1) is 0 Å². The molecule has 1 unspecified atom stereocenters. The smallest absolute Gasteiger partial charge is 0.261 e. The normalized spacial score (nSPS) is 22.0. The molecule has 7 heteroatoms. The molecule has 0 aliphatic carbocycles. The Balaban J connectivity index is 1.99. The lowest BCUT2D eigenvalue weighted by molar-refractivity contribution is 0.182. The Morgan fingerprint density at radius 2 is 1.62 bits per heavy atom. The first kappa shape index (κ1) is 22.3. The second-order valence-electron chi connectivity index (χ2n) is 8.85. The summed E-state index contributed by atoms with van der Waals surface area (Å²) >= 11 is -1.88. The van der Waals surface area contributed by atoms with Crippen LogP contribution in [0.4, 0.5) is 0 Å². The van der Waals surface area contributed by atoms with Crippen molar-refractivity contribution in [2.45, 2.75) is 44.3 Å². The minimum Gasteiger partial charge on any atom is -0.406 e. The molecular weight excluding hydrogens is 400 g/mol. The van der Waals surface area contributed by atoms with E-state index in [0.29, 0.717) is 13.2 Å². The zero-order chi connectivity index (χ0) is 21.1. The van der Waals surface area contributed by atoms with Crippen LogP contribution >= 0.6 is 0 Å². The van der Waals surface area contributed by atoms with Crippen LogP contribution in [0.25, 0.3) is 0 Å². The summed E-state index contributed by atoms with van der Waals surface area (Å²) < 4.78 is 27.8. The van der Waals surface area contributed by atoms with Gasteiger partial charge in [-0.2, -0.15) is 0 Å². The van der Waals surface area contributed by atoms with Crippen molar-refractivity contribution in [2.75, 3.05) is 19.0 Å². The first-order valence-corrected chi connectivity index (χ1v) is 13.2. The highest BCUT2D eigenvalue weighted by Crippen LogP contribution is 2.37. The number of hydrogen-bond acceptors (Lipinski definition) is 4. The van der Waals surface area contributed by atoms with Crippen molar-refractivity contribution in [2.24, 2.45) is 5.73 Å². The number of nitrogens with two attached hydrogens (primary N) is 1. The zero-order valence-electron chi connectivity index (χ0n) is 17.5. The lowest BCUT2D eigenvalue weighted by Crippen LogP contribution is -2.67. The molecule has 3 atom stereocenters. The summed E-state index contributed by atoms with van der Waals surface area (Å²) in [5.41, 5.74) is 6.17. The Kier molecular flexibility index (Phi) is 7.09. The van der Waals surface area contributed by atoms with Gasteiger partial charge in [0, 0.05) is 18.6 Å². The third kappa shape index (κ3) is 4.87. The number of nitrogens with zero attached hydrogens (tertiary/aromatic N) is 1. The van der Waals surface area contributed by atoms with Crippen LogP contribution in [-0.4, -0.2) is 53.1 Å². The zero-order valence-corrected chi connectivity index (χ0v) is 19.3. The lowest BCUT2D eigenvalue weighted by Gasteiger charge is -2.44. The van der Waals surface area contributed by atoms with Gasteiger partial charge in [0.15, 0.2) is 11.1 Å². The van der Waals surface area contributed by atoms with Crippen molar-refractivity contribution >= 4 is 29.8 Å². The highest BCUT2D eigenvalue weighted by atomic mass is 32.2. The van der Waals surface area contributed by atoms with E-state index in [2.05, 4.69) is 69.3 Å². The van der Waals surface area contributed by atoms with Crippen LogP contribution < -0.4 is 16.1 Å². The van der Waals surface area contributed by atoms with Gasteiger partial charge in [0.2, 0.25) is 0 Å². The first-order chi connectivity index (χ1) is 13.7. The Labute approximate surface area is 177 Å². The standard InChI is InChI=1S/C22H32N2O3SSi/c1-22(2,3)29(20-10-6-4-7-11-20,21-12-8-5-9-13-21)27-16-19-14-18(23)15-24(19)17-28(25)26/h4-13,18-19H,14-17,23H2,1-3H3,(H,25,26)/t18-,19+/m1/s1. The Morgan fingerprint density at radius 1 is 1.10 bits per heavy atom.